The fourth-order valence-corrected chi connectivity index (χ4v) is 4.90. The van der Waals surface area contributed by atoms with E-state index in [4.69, 9.17) is 0 Å². The number of nitrogens with one attached hydrogen (secondary N) is 1. The van der Waals surface area contributed by atoms with Crippen molar-refractivity contribution in [1.29, 1.82) is 0 Å². The highest BCUT2D eigenvalue weighted by molar-refractivity contribution is 5.96. The van der Waals surface area contributed by atoms with Crippen molar-refractivity contribution < 1.29 is 4.79 Å². The van der Waals surface area contributed by atoms with Gasteiger partial charge in [0.1, 0.15) is 0 Å². The highest BCUT2D eigenvalue weighted by Crippen LogP contribution is 2.32. The molecule has 0 spiro atoms. The lowest BCUT2D eigenvalue weighted by Gasteiger charge is -2.26. The fraction of sp³-hybridized carbons (Fsp3) is 0.522. The van der Waals surface area contributed by atoms with Crippen molar-refractivity contribution in [3.63, 3.8) is 0 Å². The summed E-state index contributed by atoms with van der Waals surface area (Å²) in [6.07, 6.45) is 7.47. The third-order valence-corrected chi connectivity index (χ3v) is 6.27. The lowest BCUT2D eigenvalue weighted by molar-refractivity contribution is 0.0790. The monoisotopic (exact) mass is 365 g/mol. The van der Waals surface area contributed by atoms with Gasteiger partial charge in [0.2, 0.25) is 0 Å². The van der Waals surface area contributed by atoms with E-state index in [2.05, 4.69) is 41.9 Å². The van der Waals surface area contributed by atoms with Gasteiger partial charge in [-0.25, -0.2) is 0 Å². The Kier molecular flexibility index (Phi) is 5.24. The number of aromatic nitrogens is 1. The minimum atomic E-state index is 0.197. The Bertz CT molecular complexity index is 789. The molecule has 2 aliphatic rings. The van der Waals surface area contributed by atoms with Crippen molar-refractivity contribution in [1.82, 2.24) is 9.47 Å². The van der Waals surface area contributed by atoms with Crippen molar-refractivity contribution in [3.8, 4) is 0 Å². The molecule has 4 rings (SSSR count). The molecule has 4 nitrogen and oxygen atoms in total. The number of carbonyl (C=O) groups excluding carboxylic acids is 1. The number of hydrogen-bond acceptors (Lipinski definition) is 2. The van der Waals surface area contributed by atoms with Gasteiger partial charge in [-0.2, -0.15) is 0 Å². The molecular formula is C23H31N3O. The van der Waals surface area contributed by atoms with Crippen LogP contribution in [0.15, 0.2) is 36.4 Å². The Hall–Kier alpha value is -2.23. The van der Waals surface area contributed by atoms with Gasteiger partial charge >= 0.3 is 0 Å². The summed E-state index contributed by atoms with van der Waals surface area (Å²) in [5.41, 5.74) is 4.43. The molecule has 1 unspecified atom stereocenters. The first kappa shape index (κ1) is 18.1. The number of hydrogen-bond donors (Lipinski definition) is 1. The molecule has 27 heavy (non-hydrogen) atoms. The second kappa shape index (κ2) is 7.79. The summed E-state index contributed by atoms with van der Waals surface area (Å²) in [5.74, 6) is 0.197. The number of likely N-dealkylation sites (tertiary alicyclic amines) is 1. The lowest BCUT2D eigenvalue weighted by Crippen LogP contribution is -2.32. The average Bonchev–Trinajstić information content (AvgIpc) is 3.27. The number of para-hydroxylation sites is 1. The molecule has 2 heterocycles. The fourth-order valence-electron chi connectivity index (χ4n) is 4.90. The van der Waals surface area contributed by atoms with E-state index < -0.39 is 0 Å². The first-order valence-corrected chi connectivity index (χ1v) is 10.4. The van der Waals surface area contributed by atoms with Crippen molar-refractivity contribution in [3.05, 3.63) is 53.3 Å². The molecule has 1 saturated heterocycles. The molecule has 1 atom stereocenters. The van der Waals surface area contributed by atoms with Crippen LogP contribution in [0, 0.1) is 13.8 Å². The van der Waals surface area contributed by atoms with E-state index >= 15 is 0 Å². The molecule has 1 N–H and O–H groups in total. The van der Waals surface area contributed by atoms with E-state index in [1.54, 1.807) is 0 Å². The second-order valence-electron chi connectivity index (χ2n) is 8.19. The maximum absolute atomic E-state index is 13.2. The van der Waals surface area contributed by atoms with Crippen LogP contribution in [0.2, 0.25) is 0 Å². The zero-order valence-electron chi connectivity index (χ0n) is 16.6. The maximum Gasteiger partial charge on any atom is 0.255 e. The summed E-state index contributed by atoms with van der Waals surface area (Å²) in [7, 11) is 0. The molecule has 2 fully saturated rings. The van der Waals surface area contributed by atoms with Gasteiger partial charge in [-0.1, -0.05) is 37.5 Å². The molecule has 0 bridgehead atoms. The lowest BCUT2D eigenvalue weighted by atomic mass is 9.95. The van der Waals surface area contributed by atoms with Crippen LogP contribution in [-0.2, 0) is 0 Å². The molecule has 1 aliphatic carbocycles. The summed E-state index contributed by atoms with van der Waals surface area (Å²) < 4.78 is 2.43. The SMILES string of the molecule is Cc1cc(C(=O)N2CCC(Nc3ccccc3)C2)c(C)n1C1CCCCC1. The van der Waals surface area contributed by atoms with E-state index in [1.807, 2.05) is 23.1 Å². The Morgan fingerprint density at radius 1 is 1.04 bits per heavy atom. The molecule has 1 saturated carbocycles. The topological polar surface area (TPSA) is 37.3 Å². The third kappa shape index (κ3) is 3.76. The molecular weight excluding hydrogens is 334 g/mol. The van der Waals surface area contributed by atoms with Gasteiger partial charge in [-0.15, -0.1) is 0 Å². The van der Waals surface area contributed by atoms with Crippen molar-refractivity contribution in [2.75, 3.05) is 18.4 Å². The van der Waals surface area contributed by atoms with Crippen LogP contribution >= 0.6 is 0 Å². The number of rotatable bonds is 4. The molecule has 1 aromatic heterocycles. The number of carbonyl (C=O) groups is 1. The van der Waals surface area contributed by atoms with Crippen molar-refractivity contribution in [2.45, 2.75) is 64.5 Å². The number of anilines is 1. The van der Waals surface area contributed by atoms with Crippen LogP contribution in [0.1, 0.15) is 66.3 Å². The molecule has 1 amide bonds. The van der Waals surface area contributed by atoms with E-state index in [0.717, 1.165) is 36.5 Å². The Morgan fingerprint density at radius 2 is 1.78 bits per heavy atom. The van der Waals surface area contributed by atoms with Crippen LogP contribution in [0.25, 0.3) is 0 Å². The Morgan fingerprint density at radius 3 is 2.52 bits per heavy atom. The standard InChI is InChI=1S/C23H31N3O/c1-17-15-22(18(2)26(17)21-11-7-4-8-12-21)23(27)25-14-13-20(16-25)24-19-9-5-3-6-10-19/h3,5-6,9-10,15,20-21,24H,4,7-8,11-14,16H2,1-2H3. The summed E-state index contributed by atoms with van der Waals surface area (Å²) >= 11 is 0. The quantitative estimate of drug-likeness (QED) is 0.833. The van der Waals surface area contributed by atoms with Gasteiger partial charge in [0.15, 0.2) is 0 Å². The second-order valence-corrected chi connectivity index (χ2v) is 8.19. The van der Waals surface area contributed by atoms with E-state index in [1.165, 1.54) is 37.8 Å². The predicted octanol–water partition coefficient (Wildman–Crippen LogP) is 4.94. The molecule has 4 heteroatoms. The molecule has 1 aromatic carbocycles. The van der Waals surface area contributed by atoms with Gasteiger partial charge in [0, 0.05) is 42.2 Å². The maximum atomic E-state index is 13.2. The number of aryl methyl sites for hydroxylation is 1. The van der Waals surface area contributed by atoms with Gasteiger partial charge in [0.05, 0.1) is 5.56 Å². The van der Waals surface area contributed by atoms with Gasteiger partial charge < -0.3 is 14.8 Å². The van der Waals surface area contributed by atoms with E-state index in [-0.39, 0.29) is 5.91 Å². The van der Waals surface area contributed by atoms with Gasteiger partial charge in [-0.05, 0) is 51.3 Å². The first-order chi connectivity index (χ1) is 13.1. The molecule has 1 aliphatic heterocycles. The minimum absolute atomic E-state index is 0.197. The summed E-state index contributed by atoms with van der Waals surface area (Å²) in [6, 6.07) is 13.3. The van der Waals surface area contributed by atoms with E-state index in [0.29, 0.717) is 12.1 Å². The van der Waals surface area contributed by atoms with Crippen LogP contribution in [0.4, 0.5) is 5.69 Å². The van der Waals surface area contributed by atoms with E-state index in [9.17, 15) is 4.79 Å². The largest absolute Gasteiger partial charge is 0.380 e. The van der Waals surface area contributed by atoms with Crippen molar-refractivity contribution in [2.24, 2.45) is 0 Å². The summed E-state index contributed by atoms with van der Waals surface area (Å²) in [6.45, 7) is 5.89. The Balaban J connectivity index is 1.45. The highest BCUT2D eigenvalue weighted by Gasteiger charge is 2.30. The smallest absolute Gasteiger partial charge is 0.255 e. The Labute approximate surface area is 162 Å². The molecule has 2 aromatic rings. The summed E-state index contributed by atoms with van der Waals surface area (Å²) in [4.78, 5) is 15.2. The number of benzene rings is 1. The van der Waals surface area contributed by atoms with Crippen LogP contribution in [0.3, 0.4) is 0 Å². The third-order valence-electron chi connectivity index (χ3n) is 6.27. The minimum Gasteiger partial charge on any atom is -0.380 e. The normalized spacial score (nSPS) is 20.8. The zero-order chi connectivity index (χ0) is 18.8. The van der Waals surface area contributed by atoms with Crippen LogP contribution < -0.4 is 5.32 Å². The molecule has 144 valence electrons. The number of amides is 1. The summed E-state index contributed by atoms with van der Waals surface area (Å²) in [5, 5.41) is 3.56. The van der Waals surface area contributed by atoms with Crippen LogP contribution in [0.5, 0.6) is 0 Å². The van der Waals surface area contributed by atoms with Crippen LogP contribution in [-0.4, -0.2) is 34.5 Å². The average molecular weight is 366 g/mol. The van der Waals surface area contributed by atoms with Gasteiger partial charge in [-0.3, -0.25) is 4.79 Å². The predicted molar refractivity (Wildman–Crippen MR) is 110 cm³/mol. The molecule has 0 radical (unpaired) electrons. The van der Waals surface area contributed by atoms with Gasteiger partial charge in [0.25, 0.3) is 5.91 Å². The first-order valence-electron chi connectivity index (χ1n) is 10.4. The number of nitrogens with zero attached hydrogens (tertiary/aromatic N) is 2. The zero-order valence-corrected chi connectivity index (χ0v) is 16.6. The van der Waals surface area contributed by atoms with Crippen molar-refractivity contribution >= 4 is 11.6 Å². The highest BCUT2D eigenvalue weighted by atomic mass is 16.2.